The Labute approximate surface area is 236 Å². The molecule has 4 aromatic rings. The Kier molecular flexibility index (Phi) is 7.73. The molecule has 1 aromatic heterocycles. The number of hydrogen-bond acceptors (Lipinski definition) is 6. The zero-order valence-corrected chi connectivity index (χ0v) is 22.4. The maximum Gasteiger partial charge on any atom is 0.418 e. The zero-order valence-electron chi connectivity index (χ0n) is 21.7. The van der Waals surface area contributed by atoms with E-state index < -0.39 is 30.1 Å². The number of aliphatic hydroxyl groups excluding tert-OH is 1. The molecule has 0 radical (unpaired) electrons. The van der Waals surface area contributed by atoms with Crippen molar-refractivity contribution in [1.82, 2.24) is 9.88 Å². The third-order valence-corrected chi connectivity index (χ3v) is 7.34. The fraction of sp³-hybridized carbons (Fsp3) is 0.194. The summed E-state index contributed by atoms with van der Waals surface area (Å²) in [6, 6.07) is 25.6. The number of methoxy groups -OCH3 is 1. The molecule has 204 valence electrons. The predicted molar refractivity (Wildman–Crippen MR) is 149 cm³/mol. The van der Waals surface area contributed by atoms with E-state index >= 15 is 0 Å². The number of fused-ring (bicyclic) bond motifs is 3. The van der Waals surface area contributed by atoms with Crippen molar-refractivity contribution in [1.29, 1.82) is 0 Å². The molecule has 1 amide bonds. The number of carbonyl (C=O) groups is 3. The average Bonchev–Trinajstić information content (AvgIpc) is 3.59. The molecule has 0 spiro atoms. The maximum atomic E-state index is 13.4. The Balaban J connectivity index is 1.35. The number of ether oxygens (including phenoxy) is 2. The topological polar surface area (TPSA) is 107 Å². The van der Waals surface area contributed by atoms with Gasteiger partial charge >= 0.3 is 12.1 Å². The fourth-order valence-corrected chi connectivity index (χ4v) is 5.40. The molecular weight excluding hydrogens is 532 g/mol. The molecule has 40 heavy (non-hydrogen) atoms. The van der Waals surface area contributed by atoms with Gasteiger partial charge in [-0.25, -0.2) is 14.2 Å². The quantitative estimate of drug-likeness (QED) is 0.300. The van der Waals surface area contributed by atoms with Gasteiger partial charge in [0.2, 0.25) is 0 Å². The number of esters is 1. The number of carbonyl (C=O) groups excluding carboxylic acids is 3. The fourth-order valence-electron chi connectivity index (χ4n) is 5.19. The van der Waals surface area contributed by atoms with E-state index in [-0.39, 0.29) is 24.6 Å². The Morgan fingerprint density at radius 2 is 1.62 bits per heavy atom. The summed E-state index contributed by atoms with van der Waals surface area (Å²) in [6.45, 7) is -0.673. The molecule has 1 atom stereocenters. The molecule has 0 bridgehead atoms. The van der Waals surface area contributed by atoms with Crippen LogP contribution in [-0.4, -0.2) is 53.5 Å². The van der Waals surface area contributed by atoms with Crippen molar-refractivity contribution in [3.8, 4) is 11.1 Å². The van der Waals surface area contributed by atoms with Crippen LogP contribution in [0.25, 0.3) is 11.1 Å². The van der Waals surface area contributed by atoms with Crippen LogP contribution in [0.3, 0.4) is 0 Å². The van der Waals surface area contributed by atoms with Crippen LogP contribution in [0.1, 0.15) is 33.1 Å². The van der Waals surface area contributed by atoms with Crippen LogP contribution in [0.15, 0.2) is 91.1 Å². The minimum absolute atomic E-state index is 0.0648. The van der Waals surface area contributed by atoms with E-state index in [1.165, 1.54) is 18.3 Å². The normalized spacial score (nSPS) is 13.6. The van der Waals surface area contributed by atoms with Gasteiger partial charge in [0.15, 0.2) is 5.54 Å². The van der Waals surface area contributed by atoms with E-state index in [9.17, 15) is 19.5 Å². The third kappa shape index (κ3) is 5.11. The Hall–Kier alpha value is -4.40. The summed E-state index contributed by atoms with van der Waals surface area (Å²) in [6.07, 6.45) is 0.567. The standard InChI is InChI=1S/C31H27ClN2O6/c1-39-29(37)31(19-35,17-20-8-6-9-21(32)16-20)33-28(36)27-14-7-15-34(27)30(38)40-18-26-24-12-4-2-10-22(24)23-11-3-5-13-25(23)26/h2-16,26,35H,17-19H2,1H3,(H,33,36). The summed E-state index contributed by atoms with van der Waals surface area (Å²) in [5.41, 5.74) is 3.05. The highest BCUT2D eigenvalue weighted by molar-refractivity contribution is 6.30. The van der Waals surface area contributed by atoms with Gasteiger partial charge < -0.3 is 19.9 Å². The van der Waals surface area contributed by atoms with Crippen molar-refractivity contribution in [3.05, 3.63) is 119 Å². The van der Waals surface area contributed by atoms with Gasteiger partial charge in [0.25, 0.3) is 5.91 Å². The predicted octanol–water partition coefficient (Wildman–Crippen LogP) is 4.82. The van der Waals surface area contributed by atoms with E-state index in [4.69, 9.17) is 21.1 Å². The lowest BCUT2D eigenvalue weighted by Crippen LogP contribution is -2.59. The first-order valence-electron chi connectivity index (χ1n) is 12.7. The van der Waals surface area contributed by atoms with Crippen molar-refractivity contribution in [2.45, 2.75) is 17.9 Å². The molecule has 5 rings (SSSR count). The number of nitrogens with one attached hydrogen (secondary N) is 1. The van der Waals surface area contributed by atoms with E-state index in [0.29, 0.717) is 10.6 Å². The first kappa shape index (κ1) is 27.2. The van der Waals surface area contributed by atoms with E-state index in [2.05, 4.69) is 5.32 Å². The lowest BCUT2D eigenvalue weighted by Gasteiger charge is -2.30. The molecule has 0 saturated heterocycles. The van der Waals surface area contributed by atoms with Gasteiger partial charge in [0.05, 0.1) is 13.7 Å². The van der Waals surface area contributed by atoms with Crippen LogP contribution in [-0.2, 0) is 20.7 Å². The van der Waals surface area contributed by atoms with Crippen LogP contribution < -0.4 is 5.32 Å². The van der Waals surface area contributed by atoms with Crippen LogP contribution >= 0.6 is 11.6 Å². The molecule has 8 nitrogen and oxygen atoms in total. The van der Waals surface area contributed by atoms with E-state index in [0.717, 1.165) is 33.9 Å². The first-order valence-corrected chi connectivity index (χ1v) is 13.0. The molecule has 0 saturated carbocycles. The Morgan fingerprint density at radius 3 is 2.25 bits per heavy atom. The highest BCUT2D eigenvalue weighted by Gasteiger charge is 2.42. The SMILES string of the molecule is COC(=O)C(CO)(Cc1cccc(Cl)c1)NC(=O)c1cccn1C(=O)OCC1c2ccccc2-c2ccccc21. The number of halogens is 1. The van der Waals surface area contributed by atoms with Crippen molar-refractivity contribution in [2.75, 3.05) is 20.3 Å². The van der Waals surface area contributed by atoms with Crippen molar-refractivity contribution in [3.63, 3.8) is 0 Å². The summed E-state index contributed by atoms with van der Waals surface area (Å²) >= 11 is 6.08. The molecule has 0 aliphatic heterocycles. The second kappa shape index (κ2) is 11.4. The molecular formula is C31H27ClN2O6. The summed E-state index contributed by atoms with van der Waals surface area (Å²) in [4.78, 5) is 39.4. The Morgan fingerprint density at radius 1 is 0.950 bits per heavy atom. The van der Waals surface area contributed by atoms with Crippen LogP contribution in [0.4, 0.5) is 4.79 Å². The number of rotatable bonds is 8. The number of nitrogens with zero attached hydrogens (tertiary/aromatic N) is 1. The number of hydrogen-bond donors (Lipinski definition) is 2. The van der Waals surface area contributed by atoms with E-state index in [1.807, 2.05) is 48.5 Å². The van der Waals surface area contributed by atoms with Gasteiger partial charge in [-0.15, -0.1) is 0 Å². The summed E-state index contributed by atoms with van der Waals surface area (Å²) in [5.74, 6) is -1.76. The van der Waals surface area contributed by atoms with Gasteiger partial charge in [-0.2, -0.15) is 0 Å². The van der Waals surface area contributed by atoms with Gasteiger partial charge in [-0.1, -0.05) is 72.3 Å². The molecule has 3 aromatic carbocycles. The molecule has 2 N–H and O–H groups in total. The lowest BCUT2D eigenvalue weighted by atomic mass is 9.91. The monoisotopic (exact) mass is 558 g/mol. The number of benzene rings is 3. The van der Waals surface area contributed by atoms with Gasteiger partial charge in [0, 0.05) is 23.6 Å². The summed E-state index contributed by atoms with van der Waals surface area (Å²) in [7, 11) is 1.16. The highest BCUT2D eigenvalue weighted by Crippen LogP contribution is 2.44. The summed E-state index contributed by atoms with van der Waals surface area (Å²) in [5, 5.41) is 13.3. The highest BCUT2D eigenvalue weighted by atomic mass is 35.5. The smallest absolute Gasteiger partial charge is 0.418 e. The third-order valence-electron chi connectivity index (χ3n) is 7.11. The van der Waals surface area contributed by atoms with Gasteiger partial charge in [-0.3, -0.25) is 4.79 Å². The molecule has 1 aliphatic rings. The first-order chi connectivity index (χ1) is 19.4. The molecule has 9 heteroatoms. The second-order valence-electron chi connectivity index (χ2n) is 9.56. The van der Waals surface area contributed by atoms with Gasteiger partial charge in [-0.05, 0) is 52.1 Å². The molecule has 1 aliphatic carbocycles. The Bertz CT molecular complexity index is 1540. The molecule has 0 fully saturated rings. The molecule has 1 heterocycles. The summed E-state index contributed by atoms with van der Waals surface area (Å²) < 4.78 is 11.7. The van der Waals surface area contributed by atoms with Crippen molar-refractivity contribution < 1.29 is 29.0 Å². The second-order valence-corrected chi connectivity index (χ2v) is 10.00. The number of amides is 1. The van der Waals surface area contributed by atoms with Crippen molar-refractivity contribution >= 4 is 29.6 Å². The van der Waals surface area contributed by atoms with Crippen LogP contribution in [0.5, 0.6) is 0 Å². The number of aromatic nitrogens is 1. The molecule has 1 unspecified atom stereocenters. The van der Waals surface area contributed by atoms with Crippen molar-refractivity contribution in [2.24, 2.45) is 0 Å². The van der Waals surface area contributed by atoms with Crippen LogP contribution in [0.2, 0.25) is 5.02 Å². The minimum atomic E-state index is -1.81. The minimum Gasteiger partial charge on any atom is -0.467 e. The maximum absolute atomic E-state index is 13.4. The average molecular weight is 559 g/mol. The van der Waals surface area contributed by atoms with Crippen LogP contribution in [0, 0.1) is 0 Å². The van der Waals surface area contributed by atoms with E-state index in [1.54, 1.807) is 24.3 Å². The lowest BCUT2D eigenvalue weighted by molar-refractivity contribution is -0.150. The zero-order chi connectivity index (χ0) is 28.3. The van der Waals surface area contributed by atoms with Gasteiger partial charge in [0.1, 0.15) is 12.3 Å². The number of aliphatic hydroxyl groups is 1. The largest absolute Gasteiger partial charge is 0.467 e.